The van der Waals surface area contributed by atoms with Gasteiger partial charge in [0.05, 0.1) is 11.8 Å². The molecule has 5 heteroatoms. The summed E-state index contributed by atoms with van der Waals surface area (Å²) in [5.41, 5.74) is 10.3. The average Bonchev–Trinajstić information content (AvgIpc) is 2.70. The number of benzene rings is 2. The minimum absolute atomic E-state index is 0. The van der Waals surface area contributed by atoms with E-state index in [0.29, 0.717) is 19.5 Å². The third kappa shape index (κ3) is 6.25. The van der Waals surface area contributed by atoms with Crippen LogP contribution in [0, 0.1) is 0 Å². The van der Waals surface area contributed by atoms with Gasteiger partial charge in [-0.15, -0.1) is 0 Å². The lowest BCUT2D eigenvalue weighted by Gasteiger charge is -2.24. The van der Waals surface area contributed by atoms with Gasteiger partial charge in [-0.05, 0) is 29.7 Å². The second-order valence-electron chi connectivity index (χ2n) is 6.76. The number of hydrogen-bond acceptors (Lipinski definition) is 5. The number of aliphatic hydroxyl groups excluding tert-OH is 1. The van der Waals surface area contributed by atoms with Crippen molar-refractivity contribution < 1.29 is 5.11 Å². The first kappa shape index (κ1) is 21.7. The van der Waals surface area contributed by atoms with E-state index in [4.69, 9.17) is 11.6 Å². The number of aromatic nitrogens is 1. The molecular formula is C23H30N4O. The Labute approximate surface area is 167 Å². The number of nitrogens with zero attached hydrogens (tertiary/aromatic N) is 2. The minimum atomic E-state index is -0.692. The van der Waals surface area contributed by atoms with Crippen molar-refractivity contribution in [3.05, 3.63) is 90.1 Å². The zero-order chi connectivity index (χ0) is 19.1. The van der Waals surface area contributed by atoms with Crippen molar-refractivity contribution in [3.8, 4) is 11.3 Å². The van der Waals surface area contributed by atoms with Crippen LogP contribution in [0.4, 0.5) is 0 Å². The molecule has 0 saturated carbocycles. The Bertz CT molecular complexity index is 809. The first-order valence-electron chi connectivity index (χ1n) is 9.09. The molecule has 2 aromatic carbocycles. The number of rotatable bonds is 8. The second kappa shape index (κ2) is 10.7. The Kier molecular flexibility index (Phi) is 8.29. The van der Waals surface area contributed by atoms with Crippen LogP contribution in [-0.2, 0) is 13.0 Å². The highest BCUT2D eigenvalue weighted by Crippen LogP contribution is 2.17. The standard InChI is InChI=1S/C22H26N4O.CH4/c23-20(14-17-6-2-1-3-7-17)22(27)16-26(24)15-18-9-11-19(12-10-18)21-8-4-5-13-25-21;/h1-13,20,22,27H,14-16,23-24H2;1H4/t20-,22-;/m0./s1. The van der Waals surface area contributed by atoms with Gasteiger partial charge >= 0.3 is 0 Å². The van der Waals surface area contributed by atoms with Gasteiger partial charge in [-0.3, -0.25) is 10.8 Å². The Balaban J connectivity index is 0.00000280. The van der Waals surface area contributed by atoms with E-state index in [2.05, 4.69) is 4.98 Å². The number of nitrogens with two attached hydrogens (primary N) is 2. The molecule has 148 valence electrons. The highest BCUT2D eigenvalue weighted by Gasteiger charge is 2.17. The zero-order valence-corrected chi connectivity index (χ0v) is 15.3. The first-order chi connectivity index (χ1) is 13.1. The fourth-order valence-electron chi connectivity index (χ4n) is 3.01. The third-order valence-electron chi connectivity index (χ3n) is 4.53. The minimum Gasteiger partial charge on any atom is -0.390 e. The molecule has 0 saturated heterocycles. The monoisotopic (exact) mass is 378 g/mol. The van der Waals surface area contributed by atoms with E-state index in [0.717, 1.165) is 22.4 Å². The number of hydrazine groups is 1. The largest absolute Gasteiger partial charge is 0.390 e. The summed E-state index contributed by atoms with van der Waals surface area (Å²) >= 11 is 0. The summed E-state index contributed by atoms with van der Waals surface area (Å²) in [6, 6.07) is 23.5. The molecule has 0 aliphatic heterocycles. The normalized spacial score (nSPS) is 13.0. The van der Waals surface area contributed by atoms with E-state index in [1.54, 1.807) is 11.2 Å². The molecule has 28 heavy (non-hydrogen) atoms. The summed E-state index contributed by atoms with van der Waals surface area (Å²) < 4.78 is 0. The maximum Gasteiger partial charge on any atom is 0.0835 e. The lowest BCUT2D eigenvalue weighted by molar-refractivity contribution is 0.0877. The van der Waals surface area contributed by atoms with E-state index in [-0.39, 0.29) is 13.5 Å². The lowest BCUT2D eigenvalue weighted by Crippen LogP contribution is -2.46. The summed E-state index contributed by atoms with van der Waals surface area (Å²) in [7, 11) is 0. The van der Waals surface area contributed by atoms with Crippen molar-refractivity contribution in [3.63, 3.8) is 0 Å². The Hall–Kier alpha value is -2.57. The molecule has 3 aromatic rings. The van der Waals surface area contributed by atoms with Gasteiger partial charge in [-0.1, -0.05) is 68.1 Å². The van der Waals surface area contributed by atoms with Crippen molar-refractivity contribution in [1.29, 1.82) is 0 Å². The van der Waals surface area contributed by atoms with Gasteiger partial charge in [-0.25, -0.2) is 5.01 Å². The van der Waals surface area contributed by atoms with Gasteiger partial charge in [0.2, 0.25) is 0 Å². The number of aliphatic hydroxyl groups is 1. The maximum absolute atomic E-state index is 10.4. The Morgan fingerprint density at radius 3 is 2.21 bits per heavy atom. The van der Waals surface area contributed by atoms with Crippen LogP contribution in [0.2, 0.25) is 0 Å². The van der Waals surface area contributed by atoms with Gasteiger partial charge in [0.15, 0.2) is 0 Å². The topological polar surface area (TPSA) is 88.4 Å². The van der Waals surface area contributed by atoms with Crippen LogP contribution in [0.1, 0.15) is 18.6 Å². The van der Waals surface area contributed by atoms with Crippen molar-refractivity contribution in [1.82, 2.24) is 9.99 Å². The van der Waals surface area contributed by atoms with E-state index >= 15 is 0 Å². The summed E-state index contributed by atoms with van der Waals surface area (Å²) in [4.78, 5) is 4.35. The van der Waals surface area contributed by atoms with Gasteiger partial charge < -0.3 is 10.8 Å². The highest BCUT2D eigenvalue weighted by atomic mass is 16.3. The molecule has 0 aliphatic carbocycles. The quantitative estimate of drug-likeness (QED) is 0.414. The van der Waals surface area contributed by atoms with Gasteiger partial charge in [0.1, 0.15) is 0 Å². The second-order valence-corrected chi connectivity index (χ2v) is 6.76. The Morgan fingerprint density at radius 2 is 1.57 bits per heavy atom. The van der Waals surface area contributed by atoms with Crippen LogP contribution >= 0.6 is 0 Å². The van der Waals surface area contributed by atoms with E-state index in [9.17, 15) is 5.11 Å². The molecule has 2 atom stereocenters. The summed E-state index contributed by atoms with van der Waals surface area (Å²) in [5.74, 6) is 6.09. The van der Waals surface area contributed by atoms with Gasteiger partial charge in [-0.2, -0.15) is 0 Å². The molecule has 0 unspecified atom stereocenters. The van der Waals surface area contributed by atoms with Crippen LogP contribution in [0.3, 0.4) is 0 Å². The lowest BCUT2D eigenvalue weighted by atomic mass is 10.0. The maximum atomic E-state index is 10.4. The molecule has 0 fully saturated rings. The predicted octanol–water partition coefficient (Wildman–Crippen LogP) is 2.99. The van der Waals surface area contributed by atoms with Crippen molar-refractivity contribution in [2.24, 2.45) is 11.6 Å². The summed E-state index contributed by atoms with van der Waals surface area (Å²) in [6.07, 6.45) is 1.71. The first-order valence-corrected chi connectivity index (χ1v) is 9.09. The SMILES string of the molecule is C.N[C@@H](Cc1ccccc1)[C@@H](O)CN(N)Cc1ccc(-c2ccccn2)cc1. The molecule has 5 N–H and O–H groups in total. The molecule has 0 spiro atoms. The molecule has 0 bridgehead atoms. The highest BCUT2D eigenvalue weighted by molar-refractivity contribution is 5.58. The molecule has 1 aromatic heterocycles. The molecule has 0 radical (unpaired) electrons. The van der Waals surface area contributed by atoms with Crippen LogP contribution in [0.25, 0.3) is 11.3 Å². The predicted molar refractivity (Wildman–Crippen MR) is 115 cm³/mol. The number of hydrogen-bond donors (Lipinski definition) is 3. The summed E-state index contributed by atoms with van der Waals surface area (Å²) in [6.45, 7) is 0.855. The molecule has 5 nitrogen and oxygen atoms in total. The van der Waals surface area contributed by atoms with Crippen molar-refractivity contribution in [2.75, 3.05) is 6.54 Å². The molecule has 0 amide bonds. The van der Waals surface area contributed by atoms with E-state index < -0.39 is 6.10 Å². The third-order valence-corrected chi connectivity index (χ3v) is 4.53. The van der Waals surface area contributed by atoms with Gasteiger partial charge in [0, 0.05) is 30.9 Å². The zero-order valence-electron chi connectivity index (χ0n) is 15.3. The van der Waals surface area contributed by atoms with Crippen molar-refractivity contribution >= 4 is 0 Å². The summed E-state index contributed by atoms with van der Waals surface area (Å²) in [5, 5.41) is 12.0. The average molecular weight is 379 g/mol. The fraction of sp³-hybridized carbons (Fsp3) is 0.261. The van der Waals surface area contributed by atoms with Crippen molar-refractivity contribution in [2.45, 2.75) is 32.5 Å². The van der Waals surface area contributed by atoms with Crippen LogP contribution in [0.5, 0.6) is 0 Å². The number of pyridine rings is 1. The molecule has 1 heterocycles. The smallest absolute Gasteiger partial charge is 0.0835 e. The van der Waals surface area contributed by atoms with E-state index in [1.165, 1.54) is 0 Å². The molecule has 0 aliphatic rings. The van der Waals surface area contributed by atoms with Crippen LogP contribution in [-0.4, -0.2) is 33.8 Å². The van der Waals surface area contributed by atoms with Crippen LogP contribution < -0.4 is 11.6 Å². The molecular weight excluding hydrogens is 348 g/mol. The van der Waals surface area contributed by atoms with Crippen LogP contribution in [0.15, 0.2) is 79.0 Å². The van der Waals surface area contributed by atoms with Gasteiger partial charge in [0.25, 0.3) is 0 Å². The fourth-order valence-corrected chi connectivity index (χ4v) is 3.01. The Morgan fingerprint density at radius 1 is 0.893 bits per heavy atom. The van der Waals surface area contributed by atoms with E-state index in [1.807, 2.05) is 72.8 Å². The molecule has 3 rings (SSSR count).